The van der Waals surface area contributed by atoms with Crippen molar-refractivity contribution in [2.45, 2.75) is 20.3 Å². The lowest BCUT2D eigenvalue weighted by Gasteiger charge is -2.07. The smallest absolute Gasteiger partial charge is 0.259 e. The summed E-state index contributed by atoms with van der Waals surface area (Å²) in [7, 11) is 0. The van der Waals surface area contributed by atoms with Gasteiger partial charge in [0.15, 0.2) is 0 Å². The Bertz CT molecular complexity index is 1520. The molecule has 0 bridgehead atoms. The Balaban J connectivity index is 1.38. The number of rotatable bonds is 5. The highest BCUT2D eigenvalue weighted by Crippen LogP contribution is 2.23. The van der Waals surface area contributed by atoms with Crippen molar-refractivity contribution in [3.8, 4) is 5.69 Å². The third-order valence-electron chi connectivity index (χ3n) is 5.69. The molecule has 0 fully saturated rings. The number of nitrogens with one attached hydrogen (secondary N) is 2. The first kappa shape index (κ1) is 21.5. The molecule has 0 unspecified atom stereocenters. The normalized spacial score (nSPS) is 11.2. The van der Waals surface area contributed by atoms with Crippen LogP contribution in [-0.2, 0) is 6.42 Å². The number of aryl methyl sites for hydroxylation is 1. The molecule has 0 radical (unpaired) electrons. The van der Waals surface area contributed by atoms with Gasteiger partial charge in [0.1, 0.15) is 17.5 Å². The molecule has 6 nitrogen and oxygen atoms in total. The van der Waals surface area contributed by atoms with Crippen LogP contribution in [0.15, 0.2) is 66.7 Å². The minimum atomic E-state index is -0.338. The summed E-state index contributed by atoms with van der Waals surface area (Å²) in [5.74, 6) is -0.276. The Morgan fingerprint density at radius 2 is 1.79 bits per heavy atom. The Labute approximate surface area is 194 Å². The number of hydrogen-bond acceptors (Lipinski definition) is 3. The molecule has 5 rings (SSSR count). The van der Waals surface area contributed by atoms with Crippen LogP contribution < -0.4 is 5.32 Å². The Morgan fingerprint density at radius 1 is 1.03 bits per heavy atom. The number of anilines is 1. The number of nitrogens with zero attached hydrogens (tertiary/aromatic N) is 3. The molecule has 2 aromatic heterocycles. The van der Waals surface area contributed by atoms with Crippen LogP contribution in [0.25, 0.3) is 16.7 Å². The number of hydrogen-bond donors (Lipinski definition) is 2. The van der Waals surface area contributed by atoms with Crippen molar-refractivity contribution in [3.63, 3.8) is 0 Å². The lowest BCUT2D eigenvalue weighted by Crippen LogP contribution is -2.14. The third-order valence-corrected chi connectivity index (χ3v) is 5.69. The van der Waals surface area contributed by atoms with Gasteiger partial charge in [-0.05, 0) is 67.9 Å². The first-order valence-electron chi connectivity index (χ1n) is 10.7. The maximum atomic E-state index is 14.0. The molecular weight excluding hydrogens is 436 g/mol. The molecule has 0 saturated heterocycles. The van der Waals surface area contributed by atoms with Gasteiger partial charge in [-0.2, -0.15) is 5.10 Å². The number of carbonyl (C=O) groups excluding carboxylic acids is 1. The van der Waals surface area contributed by atoms with Crippen molar-refractivity contribution in [1.29, 1.82) is 0 Å². The van der Waals surface area contributed by atoms with Crippen LogP contribution >= 0.6 is 0 Å². The molecule has 170 valence electrons. The van der Waals surface area contributed by atoms with Gasteiger partial charge in [0.05, 0.1) is 33.7 Å². The second kappa shape index (κ2) is 8.55. The van der Waals surface area contributed by atoms with Crippen molar-refractivity contribution >= 4 is 22.6 Å². The zero-order chi connectivity index (χ0) is 23.8. The molecule has 5 aromatic rings. The van der Waals surface area contributed by atoms with Crippen LogP contribution in [-0.4, -0.2) is 25.7 Å². The number of imidazole rings is 1. The fraction of sp³-hybridized carbons (Fsp3) is 0.115. The molecule has 0 atom stereocenters. The molecule has 8 heteroatoms. The van der Waals surface area contributed by atoms with E-state index >= 15 is 0 Å². The van der Waals surface area contributed by atoms with E-state index in [-0.39, 0.29) is 17.5 Å². The molecule has 2 heterocycles. The van der Waals surface area contributed by atoms with Crippen LogP contribution in [0.3, 0.4) is 0 Å². The van der Waals surface area contributed by atoms with E-state index in [0.717, 1.165) is 11.0 Å². The zero-order valence-electron chi connectivity index (χ0n) is 18.6. The second-order valence-corrected chi connectivity index (χ2v) is 8.07. The van der Waals surface area contributed by atoms with Crippen LogP contribution in [0.5, 0.6) is 0 Å². The fourth-order valence-corrected chi connectivity index (χ4v) is 4.04. The number of H-pyrrole nitrogens is 1. The van der Waals surface area contributed by atoms with Crippen molar-refractivity contribution < 1.29 is 13.6 Å². The van der Waals surface area contributed by atoms with E-state index in [2.05, 4.69) is 20.4 Å². The van der Waals surface area contributed by atoms with E-state index in [1.54, 1.807) is 67.1 Å². The van der Waals surface area contributed by atoms with Crippen LogP contribution in [0.1, 0.15) is 33.1 Å². The highest BCUT2D eigenvalue weighted by molar-refractivity contribution is 6.06. The number of aromatic amines is 1. The minimum Gasteiger partial charge on any atom is -0.342 e. The summed E-state index contributed by atoms with van der Waals surface area (Å²) in [5, 5.41) is 7.37. The molecule has 1 amide bonds. The summed E-state index contributed by atoms with van der Waals surface area (Å²) in [4.78, 5) is 20.8. The van der Waals surface area contributed by atoms with Gasteiger partial charge < -0.3 is 10.3 Å². The molecule has 0 aliphatic heterocycles. The van der Waals surface area contributed by atoms with Crippen LogP contribution in [0.2, 0.25) is 0 Å². The summed E-state index contributed by atoms with van der Waals surface area (Å²) in [6.45, 7) is 3.56. The van der Waals surface area contributed by atoms with E-state index in [0.29, 0.717) is 46.1 Å². The summed E-state index contributed by atoms with van der Waals surface area (Å²) < 4.78 is 28.9. The average Bonchev–Trinajstić information content (AvgIpc) is 3.34. The lowest BCUT2D eigenvalue weighted by atomic mass is 10.1. The van der Waals surface area contributed by atoms with Crippen LogP contribution in [0, 0.1) is 25.5 Å². The van der Waals surface area contributed by atoms with Crippen molar-refractivity contribution in [3.05, 3.63) is 107 Å². The predicted octanol–water partition coefficient (Wildman–Crippen LogP) is 5.49. The molecule has 0 spiro atoms. The summed E-state index contributed by atoms with van der Waals surface area (Å²) in [5.41, 5.74) is 4.94. The Morgan fingerprint density at radius 3 is 2.56 bits per heavy atom. The van der Waals surface area contributed by atoms with Crippen LogP contribution in [0.4, 0.5) is 14.5 Å². The summed E-state index contributed by atoms with van der Waals surface area (Å²) >= 11 is 0. The predicted molar refractivity (Wildman–Crippen MR) is 126 cm³/mol. The van der Waals surface area contributed by atoms with E-state index in [4.69, 9.17) is 0 Å². The quantitative estimate of drug-likeness (QED) is 0.367. The monoisotopic (exact) mass is 457 g/mol. The topological polar surface area (TPSA) is 75.6 Å². The number of amides is 1. The minimum absolute atomic E-state index is 0.275. The van der Waals surface area contributed by atoms with Gasteiger partial charge in [0.25, 0.3) is 5.91 Å². The van der Waals surface area contributed by atoms with Crippen molar-refractivity contribution in [2.24, 2.45) is 0 Å². The van der Waals surface area contributed by atoms with Crippen molar-refractivity contribution in [2.75, 3.05) is 5.32 Å². The molecule has 3 aromatic carbocycles. The first-order valence-corrected chi connectivity index (χ1v) is 10.7. The molecule has 0 saturated carbocycles. The van der Waals surface area contributed by atoms with Gasteiger partial charge in [-0.3, -0.25) is 4.79 Å². The van der Waals surface area contributed by atoms with Gasteiger partial charge in [-0.25, -0.2) is 18.4 Å². The number of aromatic nitrogens is 4. The number of fused-ring (bicyclic) bond motifs is 1. The maximum Gasteiger partial charge on any atom is 0.259 e. The molecule has 0 aliphatic rings. The maximum absolute atomic E-state index is 14.0. The highest BCUT2D eigenvalue weighted by atomic mass is 19.1. The molecular formula is C26H21F2N5O. The van der Waals surface area contributed by atoms with E-state index in [1.165, 1.54) is 18.2 Å². The Hall–Kier alpha value is -4.33. The highest BCUT2D eigenvalue weighted by Gasteiger charge is 2.20. The first-order chi connectivity index (χ1) is 16.4. The average molecular weight is 457 g/mol. The van der Waals surface area contributed by atoms with Gasteiger partial charge in [0.2, 0.25) is 0 Å². The van der Waals surface area contributed by atoms with Gasteiger partial charge in [0, 0.05) is 12.1 Å². The van der Waals surface area contributed by atoms with E-state index < -0.39 is 0 Å². The van der Waals surface area contributed by atoms with Gasteiger partial charge >= 0.3 is 0 Å². The third kappa shape index (κ3) is 4.05. The van der Waals surface area contributed by atoms with E-state index in [1.807, 2.05) is 0 Å². The number of benzene rings is 3. The van der Waals surface area contributed by atoms with E-state index in [9.17, 15) is 13.6 Å². The Kier molecular flexibility index (Phi) is 5.41. The largest absolute Gasteiger partial charge is 0.342 e. The second-order valence-electron chi connectivity index (χ2n) is 8.07. The standard InChI is InChI=1S/C26H21F2N5O/c1-15-25(16(2)33(32-15)20-10-7-18(27)8-11-20)26(34)29-19-9-12-22-23(14-19)31-24(30-22)13-17-5-3-4-6-21(17)28/h3-12,14H,13H2,1-2H3,(H,29,34)(H,30,31). The van der Waals surface area contributed by atoms with Gasteiger partial charge in [-0.1, -0.05) is 18.2 Å². The lowest BCUT2D eigenvalue weighted by molar-refractivity contribution is 0.102. The molecule has 2 N–H and O–H groups in total. The molecule has 34 heavy (non-hydrogen) atoms. The summed E-state index contributed by atoms with van der Waals surface area (Å²) in [6.07, 6.45) is 0.337. The SMILES string of the molecule is Cc1nn(-c2ccc(F)cc2)c(C)c1C(=O)Nc1ccc2nc(Cc3ccccc3F)[nH]c2c1. The number of carbonyl (C=O) groups is 1. The fourth-order valence-electron chi connectivity index (χ4n) is 4.04. The molecule has 0 aliphatic carbocycles. The number of halogens is 2. The zero-order valence-corrected chi connectivity index (χ0v) is 18.6. The van der Waals surface area contributed by atoms with Crippen molar-refractivity contribution in [1.82, 2.24) is 19.7 Å². The summed E-state index contributed by atoms with van der Waals surface area (Å²) in [6, 6.07) is 17.9. The van der Waals surface area contributed by atoms with Gasteiger partial charge in [-0.15, -0.1) is 0 Å².